The Kier molecular flexibility index (Phi) is 4.66. The summed E-state index contributed by atoms with van der Waals surface area (Å²) in [7, 11) is 0. The van der Waals surface area contributed by atoms with Gasteiger partial charge in [-0.2, -0.15) is 0 Å². The molecule has 0 heterocycles. The van der Waals surface area contributed by atoms with Crippen LogP contribution in [0.15, 0.2) is 24.8 Å². The number of allylic oxidation sites excluding steroid dienone is 1. The first-order valence-electron chi connectivity index (χ1n) is 5.09. The second-order valence-electron chi connectivity index (χ2n) is 3.67. The predicted octanol–water partition coefficient (Wildman–Crippen LogP) is 4.80. The number of rotatable bonds is 4. The van der Waals surface area contributed by atoms with Crippen LogP contribution in [0.5, 0.6) is 0 Å². The van der Waals surface area contributed by atoms with Crippen LogP contribution in [0.4, 0.5) is 0 Å². The lowest BCUT2D eigenvalue weighted by Gasteiger charge is -2.09. The molecule has 0 amide bonds. The van der Waals surface area contributed by atoms with Crippen molar-refractivity contribution in [3.8, 4) is 0 Å². The lowest BCUT2D eigenvalue weighted by molar-refractivity contribution is 0.824. The first kappa shape index (κ1) is 11.8. The fraction of sp³-hybridized carbons (Fsp3) is 0.385. The monoisotopic (exact) mass is 300 g/mol. The van der Waals surface area contributed by atoms with E-state index in [1.807, 2.05) is 0 Å². The van der Waals surface area contributed by atoms with Crippen LogP contribution in [0.3, 0.4) is 0 Å². The summed E-state index contributed by atoms with van der Waals surface area (Å²) in [4.78, 5) is 0. The van der Waals surface area contributed by atoms with E-state index < -0.39 is 0 Å². The van der Waals surface area contributed by atoms with Crippen molar-refractivity contribution < 1.29 is 0 Å². The second kappa shape index (κ2) is 5.54. The van der Waals surface area contributed by atoms with Crippen molar-refractivity contribution >= 4 is 28.2 Å². The van der Waals surface area contributed by atoms with E-state index in [1.54, 1.807) is 0 Å². The standard InChI is InChI=1S/C13H17I/c1-4-5-6-10(2)13-8-7-12(14)9-11(13)3/h7-9H,2,4-6H2,1,3H3. The van der Waals surface area contributed by atoms with E-state index in [2.05, 4.69) is 61.2 Å². The predicted molar refractivity (Wildman–Crippen MR) is 72.5 cm³/mol. The quantitative estimate of drug-likeness (QED) is 0.700. The summed E-state index contributed by atoms with van der Waals surface area (Å²) < 4.78 is 1.30. The summed E-state index contributed by atoms with van der Waals surface area (Å²) in [6.45, 7) is 8.53. The van der Waals surface area contributed by atoms with Crippen LogP contribution >= 0.6 is 22.6 Å². The van der Waals surface area contributed by atoms with Gasteiger partial charge in [-0.1, -0.05) is 26.0 Å². The van der Waals surface area contributed by atoms with Crippen molar-refractivity contribution in [3.63, 3.8) is 0 Å². The summed E-state index contributed by atoms with van der Waals surface area (Å²) in [6, 6.07) is 6.56. The van der Waals surface area contributed by atoms with Crippen molar-refractivity contribution in [1.82, 2.24) is 0 Å². The van der Waals surface area contributed by atoms with Gasteiger partial charge in [0, 0.05) is 3.57 Å². The van der Waals surface area contributed by atoms with Crippen molar-refractivity contribution in [2.45, 2.75) is 33.1 Å². The van der Waals surface area contributed by atoms with Crippen molar-refractivity contribution in [2.75, 3.05) is 0 Å². The molecule has 1 aromatic rings. The Morgan fingerprint density at radius 3 is 2.71 bits per heavy atom. The molecule has 0 aromatic heterocycles. The Balaban J connectivity index is 2.80. The summed E-state index contributed by atoms with van der Waals surface area (Å²) >= 11 is 2.34. The molecule has 0 radical (unpaired) electrons. The van der Waals surface area contributed by atoms with Gasteiger partial charge in [0.2, 0.25) is 0 Å². The minimum Gasteiger partial charge on any atom is -0.0952 e. The molecule has 0 spiro atoms. The molecule has 0 saturated carbocycles. The number of hydrogen-bond donors (Lipinski definition) is 0. The molecule has 1 aromatic carbocycles. The molecule has 14 heavy (non-hydrogen) atoms. The van der Waals surface area contributed by atoms with Gasteiger partial charge in [0.1, 0.15) is 0 Å². The number of unbranched alkanes of at least 4 members (excludes halogenated alkanes) is 1. The van der Waals surface area contributed by atoms with E-state index in [-0.39, 0.29) is 0 Å². The highest BCUT2D eigenvalue weighted by atomic mass is 127. The molecule has 1 heteroatoms. The first-order chi connectivity index (χ1) is 6.65. The number of benzene rings is 1. The van der Waals surface area contributed by atoms with Gasteiger partial charge in [0.15, 0.2) is 0 Å². The molecule has 0 saturated heterocycles. The van der Waals surface area contributed by atoms with Crippen LogP contribution in [0.2, 0.25) is 0 Å². The summed E-state index contributed by atoms with van der Waals surface area (Å²) in [6.07, 6.45) is 3.60. The Labute approximate surface area is 101 Å². The lowest BCUT2D eigenvalue weighted by atomic mass is 9.98. The Bertz CT molecular complexity index is 326. The average Bonchev–Trinajstić information content (AvgIpc) is 2.14. The summed E-state index contributed by atoms with van der Waals surface area (Å²) in [5.74, 6) is 0. The van der Waals surface area contributed by atoms with Crippen LogP contribution in [-0.4, -0.2) is 0 Å². The molecular weight excluding hydrogens is 283 g/mol. The molecule has 0 aliphatic rings. The number of halogens is 1. The molecule has 0 aliphatic carbocycles. The third kappa shape index (κ3) is 3.12. The van der Waals surface area contributed by atoms with Crippen molar-refractivity contribution in [1.29, 1.82) is 0 Å². The largest absolute Gasteiger partial charge is 0.0952 e. The van der Waals surface area contributed by atoms with Crippen LogP contribution in [0.1, 0.15) is 37.3 Å². The van der Waals surface area contributed by atoms with Crippen LogP contribution in [0, 0.1) is 10.5 Å². The molecule has 0 nitrogen and oxygen atoms in total. The van der Waals surface area contributed by atoms with E-state index in [0.717, 1.165) is 6.42 Å². The highest BCUT2D eigenvalue weighted by Crippen LogP contribution is 2.23. The van der Waals surface area contributed by atoms with E-state index in [4.69, 9.17) is 0 Å². The third-order valence-electron chi connectivity index (χ3n) is 2.40. The van der Waals surface area contributed by atoms with E-state index >= 15 is 0 Å². The molecular formula is C13H17I. The Morgan fingerprint density at radius 2 is 2.14 bits per heavy atom. The topological polar surface area (TPSA) is 0 Å². The van der Waals surface area contributed by atoms with Crippen LogP contribution < -0.4 is 0 Å². The summed E-state index contributed by atoms with van der Waals surface area (Å²) in [5.41, 5.74) is 3.96. The van der Waals surface area contributed by atoms with Gasteiger partial charge in [-0.05, 0) is 71.2 Å². The van der Waals surface area contributed by atoms with Crippen LogP contribution in [-0.2, 0) is 0 Å². The molecule has 0 atom stereocenters. The minimum atomic E-state index is 1.12. The molecule has 0 bridgehead atoms. The SMILES string of the molecule is C=C(CCCC)c1ccc(I)cc1C. The highest BCUT2D eigenvalue weighted by molar-refractivity contribution is 14.1. The number of hydrogen-bond acceptors (Lipinski definition) is 0. The van der Waals surface area contributed by atoms with Gasteiger partial charge in [-0.15, -0.1) is 0 Å². The maximum Gasteiger partial charge on any atom is 0.0133 e. The summed E-state index contributed by atoms with van der Waals surface area (Å²) in [5, 5.41) is 0. The second-order valence-corrected chi connectivity index (χ2v) is 4.91. The third-order valence-corrected chi connectivity index (χ3v) is 3.07. The Hall–Kier alpha value is -0.310. The van der Waals surface area contributed by atoms with Gasteiger partial charge in [-0.3, -0.25) is 0 Å². The molecule has 0 fully saturated rings. The van der Waals surface area contributed by atoms with E-state index in [9.17, 15) is 0 Å². The van der Waals surface area contributed by atoms with Crippen molar-refractivity contribution in [3.05, 3.63) is 39.5 Å². The molecule has 76 valence electrons. The molecule has 0 N–H and O–H groups in total. The van der Waals surface area contributed by atoms with Gasteiger partial charge < -0.3 is 0 Å². The zero-order valence-corrected chi connectivity index (χ0v) is 11.1. The molecule has 0 aliphatic heterocycles. The fourth-order valence-electron chi connectivity index (χ4n) is 1.55. The maximum atomic E-state index is 4.15. The van der Waals surface area contributed by atoms with Gasteiger partial charge in [0.05, 0.1) is 0 Å². The van der Waals surface area contributed by atoms with Gasteiger partial charge >= 0.3 is 0 Å². The van der Waals surface area contributed by atoms with Crippen LogP contribution in [0.25, 0.3) is 5.57 Å². The van der Waals surface area contributed by atoms with E-state index in [0.29, 0.717) is 0 Å². The van der Waals surface area contributed by atoms with E-state index in [1.165, 1.54) is 33.1 Å². The Morgan fingerprint density at radius 1 is 1.43 bits per heavy atom. The lowest BCUT2D eigenvalue weighted by Crippen LogP contribution is -1.89. The highest BCUT2D eigenvalue weighted by Gasteiger charge is 2.02. The molecule has 1 rings (SSSR count). The molecule has 0 unspecified atom stereocenters. The zero-order chi connectivity index (χ0) is 10.6. The first-order valence-corrected chi connectivity index (χ1v) is 6.17. The fourth-order valence-corrected chi connectivity index (χ4v) is 2.20. The smallest absolute Gasteiger partial charge is 0.0133 e. The van der Waals surface area contributed by atoms with Gasteiger partial charge in [0.25, 0.3) is 0 Å². The zero-order valence-electron chi connectivity index (χ0n) is 8.94. The average molecular weight is 300 g/mol. The normalized spacial score (nSPS) is 10.2. The van der Waals surface area contributed by atoms with Crippen molar-refractivity contribution in [2.24, 2.45) is 0 Å². The maximum absolute atomic E-state index is 4.15. The minimum absolute atomic E-state index is 1.12. The number of aryl methyl sites for hydroxylation is 1. The van der Waals surface area contributed by atoms with Gasteiger partial charge in [-0.25, -0.2) is 0 Å².